The van der Waals surface area contributed by atoms with Crippen molar-refractivity contribution in [2.75, 3.05) is 7.05 Å². The summed E-state index contributed by atoms with van der Waals surface area (Å²) in [5.74, 6) is 0. The van der Waals surface area contributed by atoms with Crippen molar-refractivity contribution in [1.29, 1.82) is 0 Å². The number of hydrogen-bond donors (Lipinski definition) is 3. The lowest BCUT2D eigenvalue weighted by molar-refractivity contribution is -0.0880. The van der Waals surface area contributed by atoms with Crippen molar-refractivity contribution in [1.82, 2.24) is 15.7 Å². The molecule has 0 bridgehead atoms. The van der Waals surface area contributed by atoms with Gasteiger partial charge in [0, 0.05) is 7.05 Å². The average Bonchev–Trinajstić information content (AvgIpc) is 2.36. The number of amides is 2. The van der Waals surface area contributed by atoms with Gasteiger partial charge in [-0.25, -0.2) is 4.79 Å². The Labute approximate surface area is 92.2 Å². The molecular weight excluding hydrogens is 222 g/mol. The van der Waals surface area contributed by atoms with E-state index in [4.69, 9.17) is 12.2 Å². The molecule has 7 heteroatoms. The molecule has 1 aliphatic rings. The molecule has 1 saturated heterocycles. The molecule has 0 aromatic heterocycles. The van der Waals surface area contributed by atoms with Crippen LogP contribution in [0, 0.1) is 0 Å². The fourth-order valence-electron chi connectivity index (χ4n) is 1.20. The van der Waals surface area contributed by atoms with Gasteiger partial charge in [-0.3, -0.25) is 5.21 Å². The van der Waals surface area contributed by atoms with Gasteiger partial charge in [-0.2, -0.15) is 5.06 Å². The number of hydrogen-bond acceptors (Lipinski definition) is 4. The molecule has 1 heterocycles. The van der Waals surface area contributed by atoms with Gasteiger partial charge in [0.1, 0.15) is 10.5 Å². The summed E-state index contributed by atoms with van der Waals surface area (Å²) in [6.07, 6.45) is -0.500. The summed E-state index contributed by atoms with van der Waals surface area (Å²) in [5.41, 5.74) is 0. The maximum atomic E-state index is 11.2. The first-order chi connectivity index (χ1) is 6.38. The van der Waals surface area contributed by atoms with Gasteiger partial charge in [-0.05, 0) is 13.8 Å². The fourth-order valence-corrected chi connectivity index (χ4v) is 2.87. The van der Waals surface area contributed by atoms with Gasteiger partial charge in [0.15, 0.2) is 0 Å². The van der Waals surface area contributed by atoms with E-state index >= 15 is 0 Å². The third kappa shape index (κ3) is 2.10. The molecule has 80 valence electrons. The van der Waals surface area contributed by atoms with Gasteiger partial charge < -0.3 is 10.6 Å². The Kier molecular flexibility index (Phi) is 3.23. The number of carbonyl (C=O) groups excluding carboxylic acids is 1. The van der Waals surface area contributed by atoms with Gasteiger partial charge in [0.2, 0.25) is 0 Å². The molecule has 0 aliphatic carbocycles. The number of hydroxylamine groups is 2. The Morgan fingerprint density at radius 1 is 1.79 bits per heavy atom. The van der Waals surface area contributed by atoms with Crippen molar-refractivity contribution in [2.24, 2.45) is 0 Å². The van der Waals surface area contributed by atoms with Gasteiger partial charge >= 0.3 is 6.03 Å². The van der Waals surface area contributed by atoms with Crippen LogP contribution in [0.15, 0.2) is 0 Å². The van der Waals surface area contributed by atoms with E-state index in [9.17, 15) is 10.0 Å². The maximum Gasteiger partial charge on any atom is 0.342 e. The van der Waals surface area contributed by atoms with E-state index in [1.807, 2.05) is 13.8 Å². The maximum absolute atomic E-state index is 11.2. The highest BCUT2D eigenvalue weighted by Gasteiger charge is 2.43. The standard InChI is InChI=1S/C7H13N3O2S2/c1-7(2)4(9-6(13)14-7)10(12)5(11)8-3/h4,12H,1-3H3,(H,8,11)(H,9,13). The Bertz CT molecular complexity index is 270. The molecule has 3 N–H and O–H groups in total. The number of thiocarbonyl (C=S) groups is 1. The molecule has 0 aromatic rings. The number of nitrogens with zero attached hydrogens (tertiary/aromatic N) is 1. The zero-order chi connectivity index (χ0) is 10.9. The number of nitrogens with one attached hydrogen (secondary N) is 2. The summed E-state index contributed by atoms with van der Waals surface area (Å²) in [4.78, 5) is 11.2. The predicted octanol–water partition coefficient (Wildman–Crippen LogP) is 0.743. The molecule has 1 unspecified atom stereocenters. The van der Waals surface area contributed by atoms with Gasteiger partial charge in [-0.15, -0.1) is 0 Å². The molecule has 1 atom stereocenters. The summed E-state index contributed by atoms with van der Waals surface area (Å²) >= 11 is 6.40. The van der Waals surface area contributed by atoms with E-state index in [1.165, 1.54) is 18.8 Å². The number of urea groups is 1. The minimum absolute atomic E-state index is 0.335. The molecule has 2 amide bonds. The minimum Gasteiger partial charge on any atom is -0.348 e. The Balaban J connectivity index is 2.77. The normalized spacial score (nSPS) is 24.3. The van der Waals surface area contributed by atoms with Crippen LogP contribution >= 0.6 is 24.0 Å². The molecular formula is C7H13N3O2S2. The third-order valence-corrected chi connectivity index (χ3v) is 3.36. The number of carbonyl (C=O) groups is 1. The molecule has 1 rings (SSSR count). The minimum atomic E-state index is -0.555. The monoisotopic (exact) mass is 235 g/mol. The molecule has 14 heavy (non-hydrogen) atoms. The average molecular weight is 235 g/mol. The van der Waals surface area contributed by atoms with Crippen LogP contribution in [0.2, 0.25) is 0 Å². The second-order valence-corrected chi connectivity index (χ2v) is 5.77. The fraction of sp³-hybridized carbons (Fsp3) is 0.714. The van der Waals surface area contributed by atoms with Crippen molar-refractivity contribution in [3.63, 3.8) is 0 Å². The zero-order valence-corrected chi connectivity index (χ0v) is 9.83. The molecule has 5 nitrogen and oxygen atoms in total. The van der Waals surface area contributed by atoms with Crippen LogP contribution in [0.4, 0.5) is 4.79 Å². The van der Waals surface area contributed by atoms with Crippen molar-refractivity contribution >= 4 is 34.3 Å². The van der Waals surface area contributed by atoms with E-state index in [2.05, 4.69) is 10.6 Å². The lowest BCUT2D eigenvalue weighted by Crippen LogP contribution is -2.54. The van der Waals surface area contributed by atoms with Crippen molar-refractivity contribution < 1.29 is 10.0 Å². The third-order valence-electron chi connectivity index (χ3n) is 1.94. The van der Waals surface area contributed by atoms with Gasteiger partial charge in [0.25, 0.3) is 0 Å². The Morgan fingerprint density at radius 3 is 2.71 bits per heavy atom. The molecule has 0 aromatic carbocycles. The molecule has 0 saturated carbocycles. The molecule has 0 radical (unpaired) electrons. The van der Waals surface area contributed by atoms with E-state index in [1.54, 1.807) is 0 Å². The van der Waals surface area contributed by atoms with Crippen LogP contribution in [-0.4, -0.2) is 38.6 Å². The first-order valence-corrected chi connectivity index (χ1v) is 5.30. The number of thioether (sulfide) groups is 1. The van der Waals surface area contributed by atoms with Crippen LogP contribution in [-0.2, 0) is 0 Å². The first-order valence-electron chi connectivity index (χ1n) is 4.08. The van der Waals surface area contributed by atoms with E-state index in [-0.39, 0.29) is 4.75 Å². The second-order valence-electron chi connectivity index (χ2n) is 3.44. The highest BCUT2D eigenvalue weighted by Crippen LogP contribution is 2.35. The summed E-state index contributed by atoms with van der Waals surface area (Å²) in [6, 6.07) is -0.555. The van der Waals surface area contributed by atoms with Crippen LogP contribution in [0.5, 0.6) is 0 Å². The predicted molar refractivity (Wildman–Crippen MR) is 59.3 cm³/mol. The van der Waals surface area contributed by atoms with Crippen molar-refractivity contribution in [3.05, 3.63) is 0 Å². The largest absolute Gasteiger partial charge is 0.348 e. The molecule has 1 aliphatic heterocycles. The van der Waals surface area contributed by atoms with E-state index < -0.39 is 12.2 Å². The highest BCUT2D eigenvalue weighted by atomic mass is 32.2. The SMILES string of the molecule is CNC(=O)N(O)C1NC(=S)SC1(C)C. The smallest absolute Gasteiger partial charge is 0.342 e. The Hall–Kier alpha value is -0.530. The van der Waals surface area contributed by atoms with Crippen LogP contribution in [0.1, 0.15) is 13.8 Å². The van der Waals surface area contributed by atoms with Crippen molar-refractivity contribution in [3.8, 4) is 0 Å². The number of rotatable bonds is 1. The molecule has 0 spiro atoms. The highest BCUT2D eigenvalue weighted by molar-refractivity contribution is 8.24. The quantitative estimate of drug-likeness (QED) is 0.355. The van der Waals surface area contributed by atoms with Crippen LogP contribution in [0.3, 0.4) is 0 Å². The Morgan fingerprint density at radius 2 is 2.36 bits per heavy atom. The van der Waals surface area contributed by atoms with E-state index in [0.717, 1.165) is 0 Å². The summed E-state index contributed by atoms with van der Waals surface area (Å²) in [7, 11) is 1.46. The topological polar surface area (TPSA) is 64.6 Å². The van der Waals surface area contributed by atoms with Gasteiger partial charge in [-0.1, -0.05) is 24.0 Å². The summed E-state index contributed by atoms with van der Waals surface area (Å²) < 4.78 is 0.251. The van der Waals surface area contributed by atoms with Crippen LogP contribution in [0.25, 0.3) is 0 Å². The van der Waals surface area contributed by atoms with Crippen molar-refractivity contribution in [2.45, 2.75) is 24.8 Å². The second kappa shape index (κ2) is 3.92. The van der Waals surface area contributed by atoms with Gasteiger partial charge in [0.05, 0.1) is 4.75 Å². The van der Waals surface area contributed by atoms with Crippen LogP contribution < -0.4 is 10.6 Å². The summed E-state index contributed by atoms with van der Waals surface area (Å²) in [5, 5.41) is 15.4. The zero-order valence-electron chi connectivity index (χ0n) is 8.20. The van der Waals surface area contributed by atoms with E-state index in [0.29, 0.717) is 9.38 Å². The molecule has 1 fully saturated rings. The lowest BCUT2D eigenvalue weighted by atomic mass is 10.1. The summed E-state index contributed by atoms with van der Waals surface area (Å²) in [6.45, 7) is 3.81. The first kappa shape index (κ1) is 11.5. The lowest BCUT2D eigenvalue weighted by Gasteiger charge is -2.30.